The van der Waals surface area contributed by atoms with E-state index in [4.69, 9.17) is 14.2 Å². The van der Waals surface area contributed by atoms with E-state index in [2.05, 4.69) is 5.32 Å². The number of benzene rings is 3. The molecule has 0 bridgehead atoms. The van der Waals surface area contributed by atoms with Gasteiger partial charge in [0.1, 0.15) is 24.0 Å². The molecule has 1 N–H and O–H groups in total. The molecule has 0 heterocycles. The van der Waals surface area contributed by atoms with E-state index in [9.17, 15) is 10.1 Å². The molecule has 174 valence electrons. The lowest BCUT2D eigenvalue weighted by Gasteiger charge is -2.11. The quantitative estimate of drug-likeness (QED) is 0.303. The predicted molar refractivity (Wildman–Crippen MR) is 133 cm³/mol. The average Bonchev–Trinajstić information content (AvgIpc) is 2.84. The lowest BCUT2D eigenvalue weighted by molar-refractivity contribution is -0.112. The topological polar surface area (TPSA) is 80.6 Å². The highest BCUT2D eigenvalue weighted by Gasteiger charge is 2.12. The first-order valence-electron chi connectivity index (χ1n) is 11.1. The fourth-order valence-corrected chi connectivity index (χ4v) is 3.16. The number of anilines is 1. The number of hydrogen-bond donors (Lipinski definition) is 1. The van der Waals surface area contributed by atoms with E-state index in [1.165, 1.54) is 11.6 Å². The summed E-state index contributed by atoms with van der Waals surface area (Å²) in [4.78, 5) is 12.7. The van der Waals surface area contributed by atoms with Crippen LogP contribution in [0, 0.1) is 18.3 Å². The molecule has 6 heteroatoms. The largest absolute Gasteiger partial charge is 0.490 e. The molecule has 0 fully saturated rings. The fourth-order valence-electron chi connectivity index (χ4n) is 3.16. The number of nitrogens with zero attached hydrogens (tertiary/aromatic N) is 1. The Bertz CT molecular complexity index is 1180. The number of nitrogens with one attached hydrogen (secondary N) is 1. The summed E-state index contributed by atoms with van der Waals surface area (Å²) in [6.45, 7) is 7.26. The summed E-state index contributed by atoms with van der Waals surface area (Å²) in [6.07, 6.45) is 1.52. The zero-order valence-electron chi connectivity index (χ0n) is 19.6. The van der Waals surface area contributed by atoms with Gasteiger partial charge in [0.15, 0.2) is 11.5 Å². The van der Waals surface area contributed by atoms with Crippen LogP contribution in [0.2, 0.25) is 0 Å². The van der Waals surface area contributed by atoms with Gasteiger partial charge in [0.25, 0.3) is 5.91 Å². The van der Waals surface area contributed by atoms with Gasteiger partial charge in [-0.3, -0.25) is 4.79 Å². The zero-order chi connectivity index (χ0) is 24.3. The van der Waals surface area contributed by atoms with Gasteiger partial charge in [-0.1, -0.05) is 35.9 Å². The Morgan fingerprint density at radius 1 is 0.912 bits per heavy atom. The third-order valence-electron chi connectivity index (χ3n) is 4.88. The Hall–Kier alpha value is -4.24. The third-order valence-corrected chi connectivity index (χ3v) is 4.88. The van der Waals surface area contributed by atoms with Gasteiger partial charge in [-0.2, -0.15) is 5.26 Å². The van der Waals surface area contributed by atoms with Crippen molar-refractivity contribution in [1.82, 2.24) is 0 Å². The Kier molecular flexibility index (Phi) is 8.70. The summed E-state index contributed by atoms with van der Waals surface area (Å²) < 4.78 is 17.0. The summed E-state index contributed by atoms with van der Waals surface area (Å²) in [5, 5.41) is 12.3. The van der Waals surface area contributed by atoms with Crippen LogP contribution in [0.3, 0.4) is 0 Å². The van der Waals surface area contributed by atoms with Crippen molar-refractivity contribution in [1.29, 1.82) is 5.26 Å². The van der Waals surface area contributed by atoms with E-state index in [0.717, 1.165) is 5.56 Å². The maximum atomic E-state index is 12.7. The number of carbonyl (C=O) groups excluding carboxylic acids is 1. The zero-order valence-corrected chi connectivity index (χ0v) is 19.6. The smallest absolute Gasteiger partial charge is 0.266 e. The van der Waals surface area contributed by atoms with Crippen LogP contribution in [-0.2, 0) is 11.4 Å². The molecular weight excluding hydrogens is 428 g/mol. The second kappa shape index (κ2) is 12.1. The minimum Gasteiger partial charge on any atom is -0.490 e. The lowest BCUT2D eigenvalue weighted by atomic mass is 10.1. The molecule has 0 spiro atoms. The summed E-state index contributed by atoms with van der Waals surface area (Å²) in [5.74, 6) is 1.38. The van der Waals surface area contributed by atoms with E-state index in [-0.39, 0.29) is 5.57 Å². The van der Waals surface area contributed by atoms with Crippen molar-refractivity contribution in [2.24, 2.45) is 0 Å². The Balaban J connectivity index is 1.65. The van der Waals surface area contributed by atoms with Gasteiger partial charge in [0.2, 0.25) is 0 Å². The number of amides is 1. The second-order valence-corrected chi connectivity index (χ2v) is 7.49. The van der Waals surface area contributed by atoms with Crippen LogP contribution in [0.15, 0.2) is 72.3 Å². The highest BCUT2D eigenvalue weighted by Crippen LogP contribution is 2.29. The maximum Gasteiger partial charge on any atom is 0.266 e. The molecule has 0 aliphatic rings. The summed E-state index contributed by atoms with van der Waals surface area (Å²) in [7, 11) is 0. The number of rotatable bonds is 10. The number of ether oxygens (including phenoxy) is 3. The van der Waals surface area contributed by atoms with Crippen LogP contribution >= 0.6 is 0 Å². The summed E-state index contributed by atoms with van der Waals surface area (Å²) in [6, 6.07) is 22.4. The average molecular weight is 457 g/mol. The monoisotopic (exact) mass is 456 g/mol. The van der Waals surface area contributed by atoms with Crippen molar-refractivity contribution in [3.05, 3.63) is 89.0 Å². The molecule has 0 saturated carbocycles. The predicted octanol–water partition coefficient (Wildman–Crippen LogP) is 5.92. The molecule has 0 saturated heterocycles. The van der Waals surface area contributed by atoms with Gasteiger partial charge in [-0.05, 0) is 74.4 Å². The normalized spacial score (nSPS) is 10.8. The molecule has 3 rings (SSSR count). The molecule has 0 radical (unpaired) electrons. The Labute approximate surface area is 200 Å². The number of aryl methyl sites for hydroxylation is 1. The third kappa shape index (κ3) is 6.88. The van der Waals surface area contributed by atoms with E-state index >= 15 is 0 Å². The van der Waals surface area contributed by atoms with Gasteiger partial charge in [-0.15, -0.1) is 0 Å². The molecule has 0 unspecified atom stereocenters. The number of hydrogen-bond acceptors (Lipinski definition) is 5. The molecule has 0 aliphatic carbocycles. The number of nitriles is 1. The van der Waals surface area contributed by atoms with Gasteiger partial charge in [-0.25, -0.2) is 0 Å². The Morgan fingerprint density at radius 3 is 2.24 bits per heavy atom. The minimum absolute atomic E-state index is 0.0219. The maximum absolute atomic E-state index is 12.7. The van der Waals surface area contributed by atoms with Crippen molar-refractivity contribution in [3.63, 3.8) is 0 Å². The first-order chi connectivity index (χ1) is 16.5. The molecule has 3 aromatic rings. The van der Waals surface area contributed by atoms with Gasteiger partial charge in [0, 0.05) is 5.69 Å². The van der Waals surface area contributed by atoms with Crippen LogP contribution in [-0.4, -0.2) is 19.1 Å². The first-order valence-corrected chi connectivity index (χ1v) is 11.1. The van der Waals surface area contributed by atoms with E-state index in [0.29, 0.717) is 48.3 Å². The van der Waals surface area contributed by atoms with E-state index in [1.807, 2.05) is 51.1 Å². The standard InChI is InChI=1S/C28H28N2O4/c1-4-32-26-15-10-22(17-27(26)33-5-2)16-23(18-29)28(31)30-24-11-13-25(14-12-24)34-19-21-8-6-20(3)7-9-21/h6-17H,4-5,19H2,1-3H3,(H,30,31)/b23-16+. The van der Waals surface area contributed by atoms with Crippen molar-refractivity contribution < 1.29 is 19.0 Å². The summed E-state index contributed by atoms with van der Waals surface area (Å²) >= 11 is 0. The van der Waals surface area contributed by atoms with E-state index in [1.54, 1.807) is 42.5 Å². The number of carbonyl (C=O) groups is 1. The molecule has 0 aromatic heterocycles. The molecule has 1 amide bonds. The van der Waals surface area contributed by atoms with Crippen LogP contribution in [0.5, 0.6) is 17.2 Å². The van der Waals surface area contributed by atoms with Gasteiger partial charge >= 0.3 is 0 Å². The first kappa shape index (κ1) is 24.4. The van der Waals surface area contributed by atoms with Crippen LogP contribution in [0.4, 0.5) is 5.69 Å². The highest BCUT2D eigenvalue weighted by atomic mass is 16.5. The molecule has 34 heavy (non-hydrogen) atoms. The van der Waals surface area contributed by atoms with Crippen molar-refractivity contribution >= 4 is 17.7 Å². The summed E-state index contributed by atoms with van der Waals surface area (Å²) in [5.41, 5.74) is 3.49. The van der Waals surface area contributed by atoms with Crippen molar-refractivity contribution in [3.8, 4) is 23.3 Å². The van der Waals surface area contributed by atoms with Crippen LogP contribution < -0.4 is 19.5 Å². The fraction of sp³-hybridized carbons (Fsp3) is 0.214. The lowest BCUT2D eigenvalue weighted by Crippen LogP contribution is -2.13. The van der Waals surface area contributed by atoms with Crippen LogP contribution in [0.25, 0.3) is 6.08 Å². The molecular formula is C28H28N2O4. The van der Waals surface area contributed by atoms with Gasteiger partial charge < -0.3 is 19.5 Å². The molecule has 6 nitrogen and oxygen atoms in total. The van der Waals surface area contributed by atoms with Crippen molar-refractivity contribution in [2.45, 2.75) is 27.4 Å². The molecule has 0 aliphatic heterocycles. The van der Waals surface area contributed by atoms with Crippen molar-refractivity contribution in [2.75, 3.05) is 18.5 Å². The molecule has 0 atom stereocenters. The SMILES string of the molecule is CCOc1ccc(/C=C(\C#N)C(=O)Nc2ccc(OCc3ccc(C)cc3)cc2)cc1OCC. The molecule has 3 aromatic carbocycles. The van der Waals surface area contributed by atoms with Gasteiger partial charge in [0.05, 0.1) is 13.2 Å². The van der Waals surface area contributed by atoms with E-state index < -0.39 is 5.91 Å². The second-order valence-electron chi connectivity index (χ2n) is 7.49. The van der Waals surface area contributed by atoms with Crippen LogP contribution in [0.1, 0.15) is 30.5 Å². The highest BCUT2D eigenvalue weighted by molar-refractivity contribution is 6.09. The Morgan fingerprint density at radius 2 is 1.59 bits per heavy atom. The minimum atomic E-state index is -0.498.